The van der Waals surface area contributed by atoms with Crippen molar-refractivity contribution in [1.29, 1.82) is 0 Å². The second kappa shape index (κ2) is 13.2. The zero-order valence-corrected chi connectivity index (χ0v) is 22.5. The van der Waals surface area contributed by atoms with E-state index in [1.807, 2.05) is 109 Å². The number of hydrogen-bond acceptors (Lipinski definition) is 4. The minimum Gasteiger partial charge on any atom is -0.482 e. The Morgan fingerprint density at radius 3 is 2.05 bits per heavy atom. The predicted octanol–water partition coefficient (Wildman–Crippen LogP) is 7.02. The fourth-order valence-electron chi connectivity index (χ4n) is 4.17. The first-order valence-electron chi connectivity index (χ1n) is 12.1. The fourth-order valence-corrected chi connectivity index (χ4v) is 5.18. The molecule has 0 heterocycles. The largest absolute Gasteiger partial charge is 0.482 e. The maximum Gasteiger partial charge on any atom is 0.341 e. The molecule has 4 aromatic carbocycles. The smallest absolute Gasteiger partial charge is 0.341 e. The van der Waals surface area contributed by atoms with Crippen LogP contribution in [0, 0.1) is 6.92 Å². The Kier molecular flexibility index (Phi) is 9.46. The van der Waals surface area contributed by atoms with Gasteiger partial charge in [0.1, 0.15) is 5.75 Å². The monoisotopic (exact) mass is 545 g/mol. The number of benzene rings is 4. The molecule has 0 aliphatic carbocycles. The summed E-state index contributed by atoms with van der Waals surface area (Å²) >= 11 is 7.56. The van der Waals surface area contributed by atoms with E-state index in [0.29, 0.717) is 17.3 Å². The molecule has 4 aromatic rings. The van der Waals surface area contributed by atoms with Crippen LogP contribution in [0.4, 0.5) is 0 Å². The van der Waals surface area contributed by atoms with Crippen LogP contribution in [0.1, 0.15) is 28.3 Å². The summed E-state index contributed by atoms with van der Waals surface area (Å²) in [4.78, 5) is 27.5. The van der Waals surface area contributed by atoms with Crippen molar-refractivity contribution in [1.82, 2.24) is 4.90 Å². The minimum absolute atomic E-state index is 0.00786. The predicted molar refractivity (Wildman–Crippen MR) is 152 cm³/mol. The Bertz CT molecular complexity index is 1320. The van der Waals surface area contributed by atoms with Crippen molar-refractivity contribution in [3.8, 4) is 5.75 Å². The molecule has 0 fully saturated rings. The molecule has 194 valence electrons. The number of carboxylic acids is 1. The van der Waals surface area contributed by atoms with E-state index >= 15 is 0 Å². The number of rotatable bonds is 11. The number of amides is 1. The first-order valence-corrected chi connectivity index (χ1v) is 13.5. The summed E-state index contributed by atoms with van der Waals surface area (Å²) < 4.78 is 5.33. The highest BCUT2D eigenvalue weighted by molar-refractivity contribution is 8.00. The van der Waals surface area contributed by atoms with E-state index in [2.05, 4.69) is 0 Å². The Morgan fingerprint density at radius 2 is 1.50 bits per heavy atom. The molecule has 38 heavy (non-hydrogen) atoms. The van der Waals surface area contributed by atoms with Crippen molar-refractivity contribution >= 4 is 35.2 Å². The van der Waals surface area contributed by atoms with Crippen molar-refractivity contribution in [3.63, 3.8) is 0 Å². The van der Waals surface area contributed by atoms with Gasteiger partial charge in [-0.3, -0.25) is 4.79 Å². The lowest BCUT2D eigenvalue weighted by atomic mass is 9.96. The third-order valence-electron chi connectivity index (χ3n) is 5.99. The Balaban J connectivity index is 1.61. The zero-order chi connectivity index (χ0) is 26.9. The summed E-state index contributed by atoms with van der Waals surface area (Å²) in [6, 6.07) is 32.9. The van der Waals surface area contributed by atoms with Crippen molar-refractivity contribution in [2.45, 2.75) is 24.4 Å². The van der Waals surface area contributed by atoms with E-state index in [9.17, 15) is 9.59 Å². The Hall–Kier alpha value is -3.74. The van der Waals surface area contributed by atoms with Gasteiger partial charge >= 0.3 is 5.97 Å². The summed E-state index contributed by atoms with van der Waals surface area (Å²) in [5.41, 5.74) is 3.86. The molecule has 0 radical (unpaired) electrons. The molecule has 5 nitrogen and oxygen atoms in total. The summed E-state index contributed by atoms with van der Waals surface area (Å²) in [5.74, 6) is -0.286. The molecule has 7 heteroatoms. The van der Waals surface area contributed by atoms with Gasteiger partial charge in [0.2, 0.25) is 5.91 Å². The van der Waals surface area contributed by atoms with Gasteiger partial charge in [-0.25, -0.2) is 4.79 Å². The van der Waals surface area contributed by atoms with Crippen molar-refractivity contribution < 1.29 is 19.4 Å². The van der Waals surface area contributed by atoms with Crippen LogP contribution in [0.2, 0.25) is 5.02 Å². The van der Waals surface area contributed by atoms with E-state index < -0.39 is 12.6 Å². The SMILES string of the molecule is Cc1cc(SCC(=O)N(Cc2ccc(Cl)cc2)C(c2ccccc2)c2ccccc2)ccc1OCC(=O)O. The molecule has 0 atom stereocenters. The lowest BCUT2D eigenvalue weighted by Gasteiger charge is -2.33. The highest BCUT2D eigenvalue weighted by Gasteiger charge is 2.27. The summed E-state index contributed by atoms with van der Waals surface area (Å²) in [6.07, 6.45) is 0. The zero-order valence-electron chi connectivity index (χ0n) is 20.9. The third-order valence-corrected chi connectivity index (χ3v) is 7.22. The number of nitrogens with zero attached hydrogens (tertiary/aromatic N) is 1. The molecule has 0 aromatic heterocycles. The number of carboxylic acid groups (broad SMARTS) is 1. The van der Waals surface area contributed by atoms with Crippen LogP contribution >= 0.6 is 23.4 Å². The molecular formula is C31H28ClNO4S. The number of halogens is 1. The Labute approximate surface area is 232 Å². The van der Waals surface area contributed by atoms with Crippen LogP contribution in [-0.2, 0) is 16.1 Å². The van der Waals surface area contributed by atoms with Gasteiger partial charge in [0, 0.05) is 16.5 Å². The molecule has 0 bridgehead atoms. The molecule has 0 saturated carbocycles. The van der Waals surface area contributed by atoms with Gasteiger partial charge in [-0.15, -0.1) is 11.8 Å². The Morgan fingerprint density at radius 1 is 0.895 bits per heavy atom. The normalized spacial score (nSPS) is 10.8. The summed E-state index contributed by atoms with van der Waals surface area (Å²) in [6.45, 7) is 1.88. The summed E-state index contributed by atoms with van der Waals surface area (Å²) in [5, 5.41) is 9.52. The second-order valence-corrected chi connectivity index (χ2v) is 10.3. The molecule has 0 unspecified atom stereocenters. The molecule has 1 amide bonds. The minimum atomic E-state index is -1.03. The van der Waals surface area contributed by atoms with Gasteiger partial charge in [-0.2, -0.15) is 0 Å². The van der Waals surface area contributed by atoms with E-state index in [1.54, 1.807) is 6.07 Å². The lowest BCUT2D eigenvalue weighted by Crippen LogP contribution is -2.36. The van der Waals surface area contributed by atoms with Gasteiger partial charge in [0.15, 0.2) is 6.61 Å². The highest BCUT2D eigenvalue weighted by Crippen LogP contribution is 2.32. The molecule has 1 N–H and O–H groups in total. The number of ether oxygens (including phenoxy) is 1. The van der Waals surface area contributed by atoms with Crippen LogP contribution in [0.3, 0.4) is 0 Å². The summed E-state index contributed by atoms with van der Waals surface area (Å²) in [7, 11) is 0. The maximum absolute atomic E-state index is 13.9. The number of carbonyl (C=O) groups excluding carboxylic acids is 1. The van der Waals surface area contributed by atoms with Crippen LogP contribution in [0.5, 0.6) is 5.75 Å². The number of aryl methyl sites for hydroxylation is 1. The first-order chi connectivity index (χ1) is 18.4. The molecular weight excluding hydrogens is 518 g/mol. The van der Waals surface area contributed by atoms with Crippen LogP contribution in [0.15, 0.2) is 108 Å². The van der Waals surface area contributed by atoms with E-state index in [-0.39, 0.29) is 17.7 Å². The fraction of sp³-hybridized carbons (Fsp3) is 0.161. The topological polar surface area (TPSA) is 66.8 Å². The molecule has 0 aliphatic rings. The standard InChI is InChI=1S/C31H28ClNO4S/c1-22-18-27(16-17-28(22)37-20-30(35)36)38-21-29(34)33(19-23-12-14-26(32)15-13-23)31(24-8-4-2-5-9-24)25-10-6-3-7-11-25/h2-18,31H,19-21H2,1H3,(H,35,36). The van der Waals surface area contributed by atoms with Crippen molar-refractivity contribution in [3.05, 3.63) is 130 Å². The number of aliphatic carboxylic acids is 1. The second-order valence-electron chi connectivity index (χ2n) is 8.77. The molecule has 0 spiro atoms. The number of thioether (sulfide) groups is 1. The van der Waals surface area contributed by atoms with Gasteiger partial charge in [-0.05, 0) is 59.5 Å². The molecule has 4 rings (SSSR count). The average Bonchev–Trinajstić information content (AvgIpc) is 2.93. The number of carbonyl (C=O) groups is 2. The van der Waals surface area contributed by atoms with Crippen LogP contribution < -0.4 is 4.74 Å². The van der Waals surface area contributed by atoms with Crippen molar-refractivity contribution in [2.24, 2.45) is 0 Å². The van der Waals surface area contributed by atoms with E-state index in [4.69, 9.17) is 21.4 Å². The quantitative estimate of drug-likeness (QED) is 0.205. The van der Waals surface area contributed by atoms with Gasteiger partial charge in [0.05, 0.1) is 11.8 Å². The average molecular weight is 546 g/mol. The van der Waals surface area contributed by atoms with E-state index in [1.165, 1.54) is 11.8 Å². The molecule has 0 aliphatic heterocycles. The number of hydrogen-bond donors (Lipinski definition) is 1. The van der Waals surface area contributed by atoms with Crippen molar-refractivity contribution in [2.75, 3.05) is 12.4 Å². The van der Waals surface area contributed by atoms with Crippen LogP contribution in [-0.4, -0.2) is 34.2 Å². The lowest BCUT2D eigenvalue weighted by molar-refractivity contribution is -0.139. The molecule has 0 saturated heterocycles. The van der Waals surface area contributed by atoms with Gasteiger partial charge < -0.3 is 14.7 Å². The van der Waals surface area contributed by atoms with E-state index in [0.717, 1.165) is 27.1 Å². The third kappa shape index (κ3) is 7.40. The van der Waals surface area contributed by atoms with Crippen LogP contribution in [0.25, 0.3) is 0 Å². The highest BCUT2D eigenvalue weighted by atomic mass is 35.5. The van der Waals surface area contributed by atoms with Gasteiger partial charge in [0.25, 0.3) is 0 Å². The van der Waals surface area contributed by atoms with Gasteiger partial charge in [-0.1, -0.05) is 84.4 Å². The first kappa shape index (κ1) is 27.3. The maximum atomic E-state index is 13.9.